The van der Waals surface area contributed by atoms with Crippen molar-refractivity contribution < 1.29 is 14.8 Å². The number of carboxylic acid groups (broad SMARTS) is 1. The Hall–Kier alpha value is -1.15. The van der Waals surface area contributed by atoms with Gasteiger partial charge in [-0.3, -0.25) is 14.9 Å². The quantitative estimate of drug-likeness (QED) is 0.474. The molecule has 0 bridgehead atoms. The van der Waals surface area contributed by atoms with Crippen molar-refractivity contribution in [2.45, 2.75) is 31.2 Å². The van der Waals surface area contributed by atoms with E-state index >= 15 is 0 Å². The van der Waals surface area contributed by atoms with Gasteiger partial charge in [-0.05, 0) is 41.1 Å². The predicted molar refractivity (Wildman–Crippen MR) is 78.0 cm³/mol. The molecule has 1 aliphatic carbocycles. The van der Waals surface area contributed by atoms with E-state index in [1.54, 1.807) is 6.92 Å². The molecule has 0 aromatic carbocycles. The zero-order chi connectivity index (χ0) is 14.9. The number of pyridine rings is 1. The first-order valence-corrected chi connectivity index (χ1v) is 7.77. The Balaban J connectivity index is 2.09. The number of thioether (sulfide) groups is 1. The lowest BCUT2D eigenvalue weighted by Gasteiger charge is -2.12. The van der Waals surface area contributed by atoms with Crippen molar-refractivity contribution in [1.29, 1.82) is 0 Å². The lowest BCUT2D eigenvalue weighted by Crippen LogP contribution is -2.11. The number of hydrogen-bond donors (Lipinski definition) is 1. The Kier molecular flexibility index (Phi) is 4.33. The van der Waals surface area contributed by atoms with Crippen molar-refractivity contribution in [3.63, 3.8) is 0 Å². The number of rotatable bonds is 6. The molecule has 1 heterocycles. The van der Waals surface area contributed by atoms with Gasteiger partial charge in [0, 0.05) is 11.3 Å². The van der Waals surface area contributed by atoms with Crippen LogP contribution in [0.15, 0.2) is 15.7 Å². The van der Waals surface area contributed by atoms with Crippen molar-refractivity contribution in [1.82, 2.24) is 4.98 Å². The van der Waals surface area contributed by atoms with Gasteiger partial charge in [0.15, 0.2) is 0 Å². The molecule has 0 spiro atoms. The number of nitro groups is 1. The van der Waals surface area contributed by atoms with Crippen LogP contribution in [0.3, 0.4) is 0 Å². The molecule has 8 heteroatoms. The summed E-state index contributed by atoms with van der Waals surface area (Å²) in [5, 5.41) is 20.4. The van der Waals surface area contributed by atoms with Crippen molar-refractivity contribution in [3.05, 3.63) is 26.3 Å². The minimum absolute atomic E-state index is 0.0205. The van der Waals surface area contributed by atoms with Gasteiger partial charge in [0.05, 0.1) is 15.8 Å². The molecule has 20 heavy (non-hydrogen) atoms. The van der Waals surface area contributed by atoms with Crippen molar-refractivity contribution >= 4 is 39.3 Å². The molecular formula is C12H13BrN2O4S. The number of aliphatic carboxylic acids is 1. The van der Waals surface area contributed by atoms with Crippen molar-refractivity contribution in [3.8, 4) is 0 Å². The van der Waals surface area contributed by atoms with E-state index in [0.717, 1.165) is 12.8 Å². The highest BCUT2D eigenvalue weighted by Crippen LogP contribution is 2.52. The van der Waals surface area contributed by atoms with Crippen LogP contribution in [0.4, 0.5) is 5.69 Å². The fourth-order valence-electron chi connectivity index (χ4n) is 1.92. The molecule has 1 fully saturated rings. The standard InChI is InChI=1S/C12H13BrN2O4S/c1-7-8(15(18)19)5-14-11(10(7)13)20-6-12(2-3-12)4-9(16)17/h5H,2-4,6H2,1H3,(H,16,17). The average molecular weight is 361 g/mol. The van der Waals surface area contributed by atoms with Gasteiger partial charge in [-0.15, -0.1) is 11.8 Å². The number of carbonyl (C=O) groups is 1. The van der Waals surface area contributed by atoms with E-state index in [1.807, 2.05) is 0 Å². The fraction of sp³-hybridized carbons (Fsp3) is 0.500. The van der Waals surface area contributed by atoms with Crippen molar-refractivity contribution in [2.24, 2.45) is 5.41 Å². The molecular weight excluding hydrogens is 348 g/mol. The van der Waals surface area contributed by atoms with Gasteiger partial charge in [-0.25, -0.2) is 4.98 Å². The van der Waals surface area contributed by atoms with E-state index in [1.165, 1.54) is 18.0 Å². The molecule has 108 valence electrons. The van der Waals surface area contributed by atoms with Crippen LogP contribution < -0.4 is 0 Å². The first-order valence-electron chi connectivity index (χ1n) is 5.99. The number of carboxylic acids is 1. The summed E-state index contributed by atoms with van der Waals surface area (Å²) in [5.41, 5.74) is 0.385. The van der Waals surface area contributed by atoms with Gasteiger partial charge < -0.3 is 5.11 Å². The Morgan fingerprint density at radius 2 is 2.30 bits per heavy atom. The molecule has 0 radical (unpaired) electrons. The van der Waals surface area contributed by atoms with Gasteiger partial charge >= 0.3 is 5.97 Å². The normalized spacial score (nSPS) is 15.9. The van der Waals surface area contributed by atoms with Gasteiger partial charge in [0.25, 0.3) is 5.69 Å². The lowest BCUT2D eigenvalue weighted by molar-refractivity contribution is -0.385. The van der Waals surface area contributed by atoms with Crippen LogP contribution in [-0.4, -0.2) is 26.7 Å². The maximum atomic E-state index is 10.8. The van der Waals surface area contributed by atoms with E-state index in [0.29, 0.717) is 20.8 Å². The van der Waals surface area contributed by atoms with Crippen LogP contribution in [-0.2, 0) is 4.79 Å². The molecule has 0 saturated heterocycles. The van der Waals surface area contributed by atoms with Crippen LogP contribution in [0.5, 0.6) is 0 Å². The van der Waals surface area contributed by atoms with Gasteiger partial charge in [-0.2, -0.15) is 0 Å². The fourth-order valence-corrected chi connectivity index (χ4v) is 3.81. The first kappa shape index (κ1) is 15.2. The zero-order valence-electron chi connectivity index (χ0n) is 10.8. The van der Waals surface area contributed by atoms with E-state index in [2.05, 4.69) is 20.9 Å². The summed E-state index contributed by atoms with van der Waals surface area (Å²) in [6.45, 7) is 1.66. The molecule has 1 saturated carbocycles. The molecule has 0 amide bonds. The number of aromatic nitrogens is 1. The first-order chi connectivity index (χ1) is 9.34. The number of halogens is 1. The Labute approximate surface area is 128 Å². The molecule has 1 N–H and O–H groups in total. The molecule has 6 nitrogen and oxygen atoms in total. The number of nitrogens with zero attached hydrogens (tertiary/aromatic N) is 2. The van der Waals surface area contributed by atoms with E-state index < -0.39 is 10.9 Å². The largest absolute Gasteiger partial charge is 0.481 e. The second kappa shape index (κ2) is 5.69. The summed E-state index contributed by atoms with van der Waals surface area (Å²) in [6, 6.07) is 0. The van der Waals surface area contributed by atoms with Crippen LogP contribution in [0.1, 0.15) is 24.8 Å². The van der Waals surface area contributed by atoms with Crippen LogP contribution in [0, 0.1) is 22.5 Å². The summed E-state index contributed by atoms with van der Waals surface area (Å²) in [6.07, 6.45) is 3.24. The minimum atomic E-state index is -0.782. The minimum Gasteiger partial charge on any atom is -0.481 e. The highest BCUT2D eigenvalue weighted by molar-refractivity contribution is 9.10. The van der Waals surface area contributed by atoms with Gasteiger partial charge in [0.2, 0.25) is 0 Å². The van der Waals surface area contributed by atoms with E-state index in [9.17, 15) is 14.9 Å². The number of hydrogen-bond acceptors (Lipinski definition) is 5. The third-order valence-corrected chi connectivity index (χ3v) is 5.97. The zero-order valence-corrected chi connectivity index (χ0v) is 13.2. The maximum absolute atomic E-state index is 10.8. The third kappa shape index (κ3) is 3.29. The van der Waals surface area contributed by atoms with Crippen LogP contribution >= 0.6 is 27.7 Å². The molecule has 1 aromatic heterocycles. The molecule has 0 atom stereocenters. The topological polar surface area (TPSA) is 93.3 Å². The molecule has 1 aliphatic rings. The Morgan fingerprint density at radius 3 is 2.80 bits per heavy atom. The van der Waals surface area contributed by atoms with Crippen LogP contribution in [0.25, 0.3) is 0 Å². The van der Waals surface area contributed by atoms with Gasteiger partial charge in [0.1, 0.15) is 11.2 Å². The van der Waals surface area contributed by atoms with E-state index in [4.69, 9.17) is 5.11 Å². The summed E-state index contributed by atoms with van der Waals surface area (Å²) in [7, 11) is 0. The second-order valence-corrected chi connectivity index (χ2v) is 6.76. The second-order valence-electron chi connectivity index (χ2n) is 5.00. The Bertz CT molecular complexity index is 575. The predicted octanol–water partition coefficient (Wildman–Crippen LogP) is 3.41. The summed E-state index contributed by atoms with van der Waals surface area (Å²) in [5.74, 6) is -0.114. The third-order valence-electron chi connectivity index (χ3n) is 3.40. The Morgan fingerprint density at radius 1 is 1.65 bits per heavy atom. The molecule has 2 rings (SSSR count). The summed E-state index contributed by atoms with van der Waals surface area (Å²) < 4.78 is 0.614. The molecule has 0 aliphatic heterocycles. The SMILES string of the molecule is Cc1c([N+](=O)[O-])cnc(SCC2(CC(=O)O)CC2)c1Br. The maximum Gasteiger partial charge on any atom is 0.303 e. The highest BCUT2D eigenvalue weighted by Gasteiger charge is 2.44. The smallest absolute Gasteiger partial charge is 0.303 e. The summed E-state index contributed by atoms with van der Waals surface area (Å²) >= 11 is 4.78. The van der Waals surface area contributed by atoms with Crippen molar-refractivity contribution in [2.75, 3.05) is 5.75 Å². The summed E-state index contributed by atoms with van der Waals surface area (Å²) in [4.78, 5) is 25.2. The van der Waals surface area contributed by atoms with Crippen LogP contribution in [0.2, 0.25) is 0 Å². The highest BCUT2D eigenvalue weighted by atomic mass is 79.9. The van der Waals surface area contributed by atoms with Gasteiger partial charge in [-0.1, -0.05) is 0 Å². The molecule has 0 unspecified atom stereocenters. The van der Waals surface area contributed by atoms with E-state index in [-0.39, 0.29) is 17.5 Å². The lowest BCUT2D eigenvalue weighted by atomic mass is 10.1. The molecule has 1 aromatic rings. The monoisotopic (exact) mass is 360 g/mol. The average Bonchev–Trinajstić information content (AvgIpc) is 3.10.